The van der Waals surface area contributed by atoms with Gasteiger partial charge in [-0.15, -0.1) is 0 Å². The van der Waals surface area contributed by atoms with Gasteiger partial charge in [-0.2, -0.15) is 0 Å². The highest BCUT2D eigenvalue weighted by atomic mass is 16.5. The molecule has 98 valence electrons. The lowest BCUT2D eigenvalue weighted by Gasteiger charge is -2.30. The van der Waals surface area contributed by atoms with Crippen molar-refractivity contribution >= 4 is 11.6 Å². The second-order valence-electron chi connectivity index (χ2n) is 4.93. The van der Waals surface area contributed by atoms with E-state index < -0.39 is 0 Å². The Morgan fingerprint density at radius 2 is 2.06 bits per heavy atom. The molecule has 1 amide bonds. The Morgan fingerprint density at radius 3 is 2.67 bits per heavy atom. The number of carbonyl (C=O) groups is 1. The maximum absolute atomic E-state index is 12.4. The number of piperidine rings is 1. The molecule has 1 aromatic rings. The van der Waals surface area contributed by atoms with Crippen LogP contribution in [0.3, 0.4) is 0 Å². The summed E-state index contributed by atoms with van der Waals surface area (Å²) in [7, 11) is 1.59. The van der Waals surface area contributed by atoms with Crippen molar-refractivity contribution in [2.24, 2.45) is 5.92 Å². The zero-order valence-corrected chi connectivity index (χ0v) is 11.0. The molecule has 1 fully saturated rings. The van der Waals surface area contributed by atoms with Gasteiger partial charge in [0.1, 0.15) is 5.75 Å². The quantitative estimate of drug-likeness (QED) is 0.816. The molecule has 1 saturated heterocycles. The van der Waals surface area contributed by atoms with Gasteiger partial charge in [0.15, 0.2) is 0 Å². The summed E-state index contributed by atoms with van der Waals surface area (Å²) in [5.74, 6) is 1.38. The summed E-state index contributed by atoms with van der Waals surface area (Å²) < 4.78 is 5.14. The molecule has 0 aliphatic carbocycles. The third-order valence-corrected chi connectivity index (χ3v) is 3.56. The van der Waals surface area contributed by atoms with E-state index in [0.717, 1.165) is 25.9 Å². The van der Waals surface area contributed by atoms with Gasteiger partial charge in [-0.3, -0.25) is 4.79 Å². The summed E-state index contributed by atoms with van der Waals surface area (Å²) in [6, 6.07) is 5.21. The fourth-order valence-corrected chi connectivity index (χ4v) is 2.23. The van der Waals surface area contributed by atoms with Gasteiger partial charge in [-0.25, -0.2) is 0 Å². The Balaban J connectivity index is 2.17. The molecule has 0 spiro atoms. The molecule has 1 heterocycles. The van der Waals surface area contributed by atoms with Gasteiger partial charge < -0.3 is 15.4 Å². The van der Waals surface area contributed by atoms with Gasteiger partial charge in [-0.05, 0) is 37.0 Å². The van der Waals surface area contributed by atoms with Crippen LogP contribution in [0.25, 0.3) is 0 Å². The molecule has 18 heavy (non-hydrogen) atoms. The third-order valence-electron chi connectivity index (χ3n) is 3.56. The van der Waals surface area contributed by atoms with E-state index in [1.807, 2.05) is 4.90 Å². The minimum Gasteiger partial charge on any atom is -0.497 e. The molecule has 4 nitrogen and oxygen atoms in total. The first-order valence-corrected chi connectivity index (χ1v) is 6.34. The molecule has 0 aromatic heterocycles. The Labute approximate surface area is 108 Å². The van der Waals surface area contributed by atoms with Crippen LogP contribution in [-0.4, -0.2) is 31.0 Å². The van der Waals surface area contributed by atoms with Gasteiger partial charge in [0.05, 0.1) is 12.7 Å². The molecule has 0 atom stereocenters. The molecule has 1 aliphatic heterocycles. The Hall–Kier alpha value is -1.71. The number of anilines is 1. The first kappa shape index (κ1) is 12.7. The number of methoxy groups -OCH3 is 1. The summed E-state index contributed by atoms with van der Waals surface area (Å²) in [5.41, 5.74) is 6.93. The number of rotatable bonds is 2. The fraction of sp³-hybridized carbons (Fsp3) is 0.500. The van der Waals surface area contributed by atoms with Crippen molar-refractivity contribution < 1.29 is 9.53 Å². The minimum absolute atomic E-state index is 0.0123. The average Bonchev–Trinajstić information content (AvgIpc) is 2.39. The largest absolute Gasteiger partial charge is 0.497 e. The van der Waals surface area contributed by atoms with Crippen molar-refractivity contribution in [3.05, 3.63) is 23.8 Å². The number of hydrogen-bond acceptors (Lipinski definition) is 3. The summed E-state index contributed by atoms with van der Waals surface area (Å²) >= 11 is 0. The summed E-state index contributed by atoms with van der Waals surface area (Å²) in [6.07, 6.45) is 2.13. The number of ether oxygens (including phenoxy) is 1. The normalized spacial score (nSPS) is 16.7. The SMILES string of the molecule is COc1ccc(N)c(C(=O)N2CCC(C)CC2)c1. The van der Waals surface area contributed by atoms with Crippen LogP contribution in [0.15, 0.2) is 18.2 Å². The van der Waals surface area contributed by atoms with Gasteiger partial charge in [0, 0.05) is 18.8 Å². The highest BCUT2D eigenvalue weighted by Gasteiger charge is 2.23. The highest BCUT2D eigenvalue weighted by Crippen LogP contribution is 2.23. The van der Waals surface area contributed by atoms with Crippen molar-refractivity contribution in [1.82, 2.24) is 4.90 Å². The van der Waals surface area contributed by atoms with Crippen molar-refractivity contribution in [3.8, 4) is 5.75 Å². The molecule has 1 aromatic carbocycles. The van der Waals surface area contributed by atoms with E-state index in [1.165, 1.54) is 0 Å². The zero-order chi connectivity index (χ0) is 13.1. The van der Waals surface area contributed by atoms with Crippen LogP contribution in [0.5, 0.6) is 5.75 Å². The van der Waals surface area contributed by atoms with E-state index >= 15 is 0 Å². The number of nitrogens with two attached hydrogens (primary N) is 1. The van der Waals surface area contributed by atoms with Gasteiger partial charge in [-0.1, -0.05) is 6.92 Å². The predicted octanol–water partition coefficient (Wildman–Crippen LogP) is 2.15. The topological polar surface area (TPSA) is 55.6 Å². The third kappa shape index (κ3) is 2.58. The number of nitrogens with zero attached hydrogens (tertiary/aromatic N) is 1. The first-order valence-electron chi connectivity index (χ1n) is 6.34. The Morgan fingerprint density at radius 1 is 1.39 bits per heavy atom. The van der Waals surface area contributed by atoms with Crippen LogP contribution in [0, 0.1) is 5.92 Å². The van der Waals surface area contributed by atoms with Crippen LogP contribution in [0.2, 0.25) is 0 Å². The molecule has 0 radical (unpaired) electrons. The molecule has 0 bridgehead atoms. The number of nitrogen functional groups attached to an aromatic ring is 1. The molecule has 1 aliphatic rings. The lowest BCUT2D eigenvalue weighted by Crippen LogP contribution is -2.38. The Kier molecular flexibility index (Phi) is 3.75. The smallest absolute Gasteiger partial charge is 0.256 e. The van der Waals surface area contributed by atoms with Crippen molar-refractivity contribution in [2.45, 2.75) is 19.8 Å². The van der Waals surface area contributed by atoms with Crippen LogP contribution >= 0.6 is 0 Å². The maximum atomic E-state index is 12.4. The second-order valence-corrected chi connectivity index (χ2v) is 4.93. The fourth-order valence-electron chi connectivity index (χ4n) is 2.23. The molecule has 0 saturated carbocycles. The molecular weight excluding hydrogens is 228 g/mol. The van der Waals surface area contributed by atoms with E-state index in [2.05, 4.69) is 6.92 Å². The van der Waals surface area contributed by atoms with Gasteiger partial charge in [0.25, 0.3) is 5.91 Å². The summed E-state index contributed by atoms with van der Waals surface area (Å²) in [5, 5.41) is 0. The Bertz CT molecular complexity index is 437. The van der Waals surface area contributed by atoms with Crippen molar-refractivity contribution in [2.75, 3.05) is 25.9 Å². The lowest BCUT2D eigenvalue weighted by atomic mass is 9.98. The molecule has 2 N–H and O–H groups in total. The van der Waals surface area contributed by atoms with Crippen LogP contribution in [0.4, 0.5) is 5.69 Å². The number of hydrogen-bond donors (Lipinski definition) is 1. The van der Waals surface area contributed by atoms with Gasteiger partial charge in [0.2, 0.25) is 0 Å². The monoisotopic (exact) mass is 248 g/mol. The highest BCUT2D eigenvalue weighted by molar-refractivity contribution is 5.99. The average molecular weight is 248 g/mol. The molecule has 2 rings (SSSR count). The van der Waals surface area contributed by atoms with E-state index in [1.54, 1.807) is 25.3 Å². The summed E-state index contributed by atoms with van der Waals surface area (Å²) in [6.45, 7) is 3.86. The number of carbonyl (C=O) groups excluding carboxylic acids is 1. The predicted molar refractivity (Wildman–Crippen MR) is 71.7 cm³/mol. The first-order chi connectivity index (χ1) is 8.61. The van der Waals surface area contributed by atoms with Crippen molar-refractivity contribution in [3.63, 3.8) is 0 Å². The van der Waals surface area contributed by atoms with Crippen LogP contribution < -0.4 is 10.5 Å². The van der Waals surface area contributed by atoms with E-state index in [0.29, 0.717) is 22.9 Å². The lowest BCUT2D eigenvalue weighted by molar-refractivity contribution is 0.0698. The van der Waals surface area contributed by atoms with Crippen LogP contribution in [0.1, 0.15) is 30.1 Å². The molecular formula is C14H20N2O2. The molecule has 0 unspecified atom stereocenters. The van der Waals surface area contributed by atoms with Crippen molar-refractivity contribution in [1.29, 1.82) is 0 Å². The zero-order valence-electron chi connectivity index (χ0n) is 11.0. The van der Waals surface area contributed by atoms with E-state index in [-0.39, 0.29) is 5.91 Å². The second kappa shape index (κ2) is 5.29. The maximum Gasteiger partial charge on any atom is 0.256 e. The van der Waals surface area contributed by atoms with E-state index in [4.69, 9.17) is 10.5 Å². The standard InChI is InChI=1S/C14H20N2O2/c1-10-5-7-16(8-6-10)14(17)12-9-11(18-2)3-4-13(12)15/h3-4,9-10H,5-8,15H2,1-2H3. The number of amides is 1. The summed E-state index contributed by atoms with van der Waals surface area (Å²) in [4.78, 5) is 14.3. The van der Waals surface area contributed by atoms with E-state index in [9.17, 15) is 4.79 Å². The number of benzene rings is 1. The van der Waals surface area contributed by atoms with Crippen LogP contribution in [-0.2, 0) is 0 Å². The van der Waals surface area contributed by atoms with Gasteiger partial charge >= 0.3 is 0 Å². The number of likely N-dealkylation sites (tertiary alicyclic amines) is 1. The minimum atomic E-state index is 0.0123. The molecule has 4 heteroatoms.